The molecule has 1 aliphatic rings. The molecule has 0 amide bonds. The topological polar surface area (TPSA) is 26.0 Å². The Morgan fingerprint density at radius 3 is 2.47 bits per heavy atom. The second-order valence-electron chi connectivity index (χ2n) is 4.80. The van der Waals surface area contributed by atoms with Gasteiger partial charge in [0.15, 0.2) is 0 Å². The molecule has 106 valence electrons. The van der Waals surface area contributed by atoms with Crippen molar-refractivity contribution in [1.29, 1.82) is 0 Å². The maximum Gasteiger partial charge on any atom is 0.126 e. The first-order chi connectivity index (χ1) is 9.10. The SMILES string of the molecule is CCC1SCCSC1C(N)Cc1cc(F)cc(F)c1. The van der Waals surface area contributed by atoms with Crippen LogP contribution in [0, 0.1) is 11.6 Å². The molecule has 1 heterocycles. The molecule has 2 N–H and O–H groups in total. The van der Waals surface area contributed by atoms with Crippen LogP contribution in [-0.2, 0) is 6.42 Å². The van der Waals surface area contributed by atoms with Crippen molar-refractivity contribution in [2.24, 2.45) is 5.73 Å². The first kappa shape index (κ1) is 15.1. The molecule has 3 atom stereocenters. The first-order valence-corrected chi connectivity index (χ1v) is 8.63. The second-order valence-corrected chi connectivity index (χ2v) is 7.43. The summed E-state index contributed by atoms with van der Waals surface area (Å²) < 4.78 is 26.3. The van der Waals surface area contributed by atoms with Crippen LogP contribution in [0.3, 0.4) is 0 Å². The third-order valence-electron chi connectivity index (χ3n) is 3.31. The van der Waals surface area contributed by atoms with Gasteiger partial charge in [0.05, 0.1) is 0 Å². The number of rotatable bonds is 4. The second kappa shape index (κ2) is 6.95. The molecule has 0 aliphatic carbocycles. The fraction of sp³-hybridized carbons (Fsp3) is 0.571. The van der Waals surface area contributed by atoms with Crippen LogP contribution in [-0.4, -0.2) is 28.0 Å². The Balaban J connectivity index is 2.04. The molecule has 2 rings (SSSR count). The first-order valence-electron chi connectivity index (χ1n) is 6.54. The van der Waals surface area contributed by atoms with E-state index in [-0.39, 0.29) is 6.04 Å². The van der Waals surface area contributed by atoms with Crippen LogP contribution in [0.25, 0.3) is 0 Å². The summed E-state index contributed by atoms with van der Waals surface area (Å²) in [5.74, 6) is 1.22. The number of nitrogens with two attached hydrogens (primary N) is 1. The highest BCUT2D eigenvalue weighted by Gasteiger charge is 2.30. The van der Waals surface area contributed by atoms with Crippen molar-refractivity contribution in [3.8, 4) is 0 Å². The predicted molar refractivity (Wildman–Crippen MR) is 80.8 cm³/mol. The van der Waals surface area contributed by atoms with Gasteiger partial charge in [-0.15, -0.1) is 0 Å². The van der Waals surface area contributed by atoms with E-state index in [1.807, 2.05) is 23.5 Å². The summed E-state index contributed by atoms with van der Waals surface area (Å²) >= 11 is 3.87. The van der Waals surface area contributed by atoms with Gasteiger partial charge in [0.2, 0.25) is 0 Å². The third-order valence-corrected chi connectivity index (χ3v) is 6.74. The maximum absolute atomic E-state index is 13.2. The zero-order valence-corrected chi connectivity index (χ0v) is 12.6. The molecule has 0 aromatic heterocycles. The van der Waals surface area contributed by atoms with Crippen LogP contribution >= 0.6 is 23.5 Å². The van der Waals surface area contributed by atoms with Crippen LogP contribution < -0.4 is 5.73 Å². The van der Waals surface area contributed by atoms with E-state index >= 15 is 0 Å². The fourth-order valence-electron chi connectivity index (χ4n) is 2.45. The van der Waals surface area contributed by atoms with Crippen molar-refractivity contribution in [2.75, 3.05) is 11.5 Å². The number of benzene rings is 1. The molecule has 3 unspecified atom stereocenters. The minimum absolute atomic E-state index is 0.0519. The molecule has 1 aliphatic heterocycles. The maximum atomic E-state index is 13.2. The Kier molecular flexibility index (Phi) is 5.54. The molecule has 0 radical (unpaired) electrons. The van der Waals surface area contributed by atoms with E-state index < -0.39 is 11.6 Å². The van der Waals surface area contributed by atoms with E-state index in [1.54, 1.807) is 0 Å². The van der Waals surface area contributed by atoms with Gasteiger partial charge < -0.3 is 5.73 Å². The summed E-state index contributed by atoms with van der Waals surface area (Å²) in [5, 5.41) is 0.919. The molecule has 5 heteroatoms. The number of hydrogen-bond donors (Lipinski definition) is 1. The highest BCUT2D eigenvalue weighted by atomic mass is 32.2. The molecule has 0 bridgehead atoms. The van der Waals surface area contributed by atoms with Crippen LogP contribution in [0.1, 0.15) is 18.9 Å². The van der Waals surface area contributed by atoms with E-state index in [1.165, 1.54) is 17.9 Å². The molecule has 1 aromatic rings. The van der Waals surface area contributed by atoms with Crippen LogP contribution in [0.2, 0.25) is 0 Å². The Morgan fingerprint density at radius 2 is 1.84 bits per heavy atom. The average molecular weight is 303 g/mol. The minimum Gasteiger partial charge on any atom is -0.326 e. The van der Waals surface area contributed by atoms with Crippen molar-refractivity contribution < 1.29 is 8.78 Å². The fourth-order valence-corrected chi connectivity index (χ4v) is 5.65. The Hall–Kier alpha value is -0.260. The van der Waals surface area contributed by atoms with Gasteiger partial charge in [-0.25, -0.2) is 8.78 Å². The number of hydrogen-bond acceptors (Lipinski definition) is 3. The summed E-state index contributed by atoms with van der Waals surface area (Å²) in [6, 6.07) is 3.60. The van der Waals surface area contributed by atoms with Gasteiger partial charge >= 0.3 is 0 Å². The van der Waals surface area contributed by atoms with Crippen molar-refractivity contribution in [3.05, 3.63) is 35.4 Å². The lowest BCUT2D eigenvalue weighted by molar-refractivity contribution is 0.566. The van der Waals surface area contributed by atoms with Crippen molar-refractivity contribution in [1.82, 2.24) is 0 Å². The molecular weight excluding hydrogens is 284 g/mol. The Labute approximate surface area is 121 Å². The zero-order valence-electron chi connectivity index (χ0n) is 10.9. The molecule has 1 aromatic carbocycles. The quantitative estimate of drug-likeness (QED) is 0.922. The van der Waals surface area contributed by atoms with E-state index in [9.17, 15) is 8.78 Å². The summed E-state index contributed by atoms with van der Waals surface area (Å²) in [5.41, 5.74) is 6.92. The molecule has 1 saturated heterocycles. The molecule has 1 nitrogen and oxygen atoms in total. The van der Waals surface area contributed by atoms with Gasteiger partial charge in [-0.2, -0.15) is 23.5 Å². The number of halogens is 2. The van der Waals surface area contributed by atoms with E-state index in [0.29, 0.717) is 22.5 Å². The summed E-state index contributed by atoms with van der Waals surface area (Å²) in [4.78, 5) is 0. The molecule has 0 spiro atoms. The lowest BCUT2D eigenvalue weighted by Crippen LogP contribution is -2.43. The van der Waals surface area contributed by atoms with E-state index in [4.69, 9.17) is 5.73 Å². The highest BCUT2D eigenvalue weighted by molar-refractivity contribution is 8.07. The highest BCUT2D eigenvalue weighted by Crippen LogP contribution is 2.35. The summed E-state index contributed by atoms with van der Waals surface area (Å²) in [6.07, 6.45) is 1.62. The summed E-state index contributed by atoms with van der Waals surface area (Å²) in [6.45, 7) is 2.17. The van der Waals surface area contributed by atoms with E-state index in [0.717, 1.165) is 18.2 Å². The molecule has 1 fully saturated rings. The normalized spacial score (nSPS) is 25.3. The minimum atomic E-state index is -0.528. The molecule has 19 heavy (non-hydrogen) atoms. The van der Waals surface area contributed by atoms with Gasteiger partial charge in [0.25, 0.3) is 0 Å². The standard InChI is InChI=1S/C14H19F2NS2/c1-2-13-14(19-4-3-18-13)12(17)7-9-5-10(15)8-11(16)6-9/h5-6,8,12-14H,2-4,7,17H2,1H3. The monoisotopic (exact) mass is 303 g/mol. The van der Waals surface area contributed by atoms with Gasteiger partial charge in [-0.05, 0) is 30.5 Å². The van der Waals surface area contributed by atoms with Crippen molar-refractivity contribution in [2.45, 2.75) is 36.3 Å². The van der Waals surface area contributed by atoms with E-state index in [2.05, 4.69) is 6.92 Å². The van der Waals surface area contributed by atoms with Gasteiger partial charge in [-0.1, -0.05) is 6.92 Å². The van der Waals surface area contributed by atoms with Crippen molar-refractivity contribution in [3.63, 3.8) is 0 Å². The van der Waals surface area contributed by atoms with Gasteiger partial charge in [0, 0.05) is 34.1 Å². The van der Waals surface area contributed by atoms with Gasteiger partial charge in [-0.3, -0.25) is 0 Å². The largest absolute Gasteiger partial charge is 0.326 e. The van der Waals surface area contributed by atoms with Crippen LogP contribution in [0.15, 0.2) is 18.2 Å². The molecular formula is C14H19F2NS2. The summed E-state index contributed by atoms with van der Waals surface area (Å²) in [7, 11) is 0. The Bertz CT molecular complexity index is 408. The zero-order chi connectivity index (χ0) is 13.8. The van der Waals surface area contributed by atoms with Gasteiger partial charge in [0.1, 0.15) is 11.6 Å². The lowest BCUT2D eigenvalue weighted by atomic mass is 10.0. The smallest absolute Gasteiger partial charge is 0.126 e. The average Bonchev–Trinajstić information content (AvgIpc) is 2.37. The third kappa shape index (κ3) is 4.10. The van der Waals surface area contributed by atoms with Crippen LogP contribution in [0.5, 0.6) is 0 Å². The molecule has 0 saturated carbocycles. The van der Waals surface area contributed by atoms with Crippen molar-refractivity contribution >= 4 is 23.5 Å². The lowest BCUT2D eigenvalue weighted by Gasteiger charge is -2.34. The predicted octanol–water partition coefficient (Wildman–Crippen LogP) is 3.46. The Morgan fingerprint density at radius 1 is 1.21 bits per heavy atom. The number of thioether (sulfide) groups is 2. The van der Waals surface area contributed by atoms with Crippen LogP contribution in [0.4, 0.5) is 8.78 Å².